The molecule has 3 heteroatoms. The number of para-hydroxylation sites is 1. The third-order valence-electron chi connectivity index (χ3n) is 4.96. The van der Waals surface area contributed by atoms with Crippen LogP contribution in [0, 0.1) is 12.3 Å². The third-order valence-corrected chi connectivity index (χ3v) is 4.96. The first kappa shape index (κ1) is 16.5. The number of carbonyl (C=O) groups is 1. The van der Waals surface area contributed by atoms with Gasteiger partial charge < -0.3 is 0 Å². The van der Waals surface area contributed by atoms with Crippen molar-refractivity contribution in [3.8, 4) is 0 Å². The summed E-state index contributed by atoms with van der Waals surface area (Å²) in [4.78, 5) is 19.6. The number of aryl methyl sites for hydroxylation is 1. The number of pyridine rings is 1. The molecule has 1 aliphatic heterocycles. The number of fused-ring (bicyclic) bond motifs is 1. The van der Waals surface area contributed by atoms with E-state index in [4.69, 9.17) is 0 Å². The van der Waals surface area contributed by atoms with E-state index < -0.39 is 5.41 Å². The van der Waals surface area contributed by atoms with E-state index in [1.807, 2.05) is 49.1 Å². The van der Waals surface area contributed by atoms with Gasteiger partial charge in [0.1, 0.15) is 0 Å². The summed E-state index contributed by atoms with van der Waals surface area (Å²) in [5, 5.41) is 1.04. The van der Waals surface area contributed by atoms with Gasteiger partial charge in [0.05, 0.1) is 11.2 Å². The van der Waals surface area contributed by atoms with E-state index in [1.165, 1.54) is 5.56 Å². The van der Waals surface area contributed by atoms with Gasteiger partial charge in [0.2, 0.25) is 5.91 Å². The van der Waals surface area contributed by atoms with Crippen molar-refractivity contribution in [2.75, 3.05) is 4.90 Å². The zero-order chi connectivity index (χ0) is 18.3. The van der Waals surface area contributed by atoms with Gasteiger partial charge in [-0.15, -0.1) is 0 Å². The summed E-state index contributed by atoms with van der Waals surface area (Å²) in [6.45, 7) is 6.10. The zero-order valence-corrected chi connectivity index (χ0v) is 15.4. The van der Waals surface area contributed by atoms with E-state index in [9.17, 15) is 4.79 Å². The van der Waals surface area contributed by atoms with Crippen LogP contribution in [0.2, 0.25) is 0 Å². The highest BCUT2D eigenvalue weighted by molar-refractivity contribution is 6.09. The molecule has 0 atom stereocenters. The number of anilines is 1. The van der Waals surface area contributed by atoms with Crippen LogP contribution >= 0.6 is 0 Å². The summed E-state index contributed by atoms with van der Waals surface area (Å²) < 4.78 is 0. The molecule has 2 heterocycles. The lowest BCUT2D eigenvalue weighted by Crippen LogP contribution is -2.30. The molecular formula is C23H22N2O. The van der Waals surface area contributed by atoms with Gasteiger partial charge in [-0.2, -0.15) is 0 Å². The molecule has 2 aromatic carbocycles. The van der Waals surface area contributed by atoms with Gasteiger partial charge in [-0.05, 0) is 30.7 Å². The van der Waals surface area contributed by atoms with Crippen LogP contribution in [0.15, 0.2) is 66.5 Å². The molecule has 0 N–H and O–H groups in total. The van der Waals surface area contributed by atoms with Crippen LogP contribution in [0.1, 0.15) is 31.4 Å². The van der Waals surface area contributed by atoms with Gasteiger partial charge in [0.25, 0.3) is 0 Å². The Morgan fingerprint density at radius 3 is 2.54 bits per heavy atom. The second-order valence-electron chi connectivity index (χ2n) is 7.60. The van der Waals surface area contributed by atoms with Crippen LogP contribution in [-0.2, 0) is 4.79 Å². The quantitative estimate of drug-likeness (QED) is 0.629. The van der Waals surface area contributed by atoms with Crippen LogP contribution in [0.5, 0.6) is 0 Å². The lowest BCUT2D eigenvalue weighted by Gasteiger charge is -2.21. The Balaban J connectivity index is 1.88. The van der Waals surface area contributed by atoms with Crippen molar-refractivity contribution in [1.29, 1.82) is 0 Å². The highest BCUT2D eigenvalue weighted by atomic mass is 16.2. The summed E-state index contributed by atoms with van der Waals surface area (Å²) in [6.07, 6.45) is 4.61. The summed E-state index contributed by atoms with van der Waals surface area (Å²) in [6, 6.07) is 18.3. The van der Waals surface area contributed by atoms with Gasteiger partial charge in [-0.3, -0.25) is 14.7 Å². The molecule has 4 rings (SSSR count). The van der Waals surface area contributed by atoms with E-state index in [1.54, 1.807) is 6.20 Å². The SMILES string of the molecule is Cc1ccc(/C=C2\CC(C)(C)C(=O)N2c2cccc3cccnc23)cc1. The molecule has 0 aliphatic carbocycles. The maximum absolute atomic E-state index is 13.2. The molecular weight excluding hydrogens is 320 g/mol. The van der Waals surface area contributed by atoms with Crippen LogP contribution in [0.25, 0.3) is 17.0 Å². The molecule has 0 radical (unpaired) electrons. The normalized spacial score (nSPS) is 18.0. The number of amides is 1. The lowest BCUT2D eigenvalue weighted by atomic mass is 9.91. The van der Waals surface area contributed by atoms with Gasteiger partial charge in [0.15, 0.2) is 0 Å². The molecule has 1 amide bonds. The Hall–Kier alpha value is -2.94. The Bertz CT molecular complexity index is 1010. The standard InChI is InChI=1S/C23H22N2O/c1-16-9-11-17(12-10-16)14-19-15-23(2,3)22(26)25(19)20-8-4-6-18-7-5-13-24-21(18)20/h4-14H,15H2,1-3H3/b19-14+. The van der Waals surface area contributed by atoms with Crippen LogP contribution in [0.3, 0.4) is 0 Å². The molecule has 3 nitrogen and oxygen atoms in total. The highest BCUT2D eigenvalue weighted by Crippen LogP contribution is 2.43. The number of benzene rings is 2. The third kappa shape index (κ3) is 2.80. The fourth-order valence-corrected chi connectivity index (χ4v) is 3.54. The van der Waals surface area contributed by atoms with Gasteiger partial charge in [-0.1, -0.05) is 61.9 Å². The molecule has 0 unspecified atom stereocenters. The minimum Gasteiger partial charge on any atom is -0.282 e. The lowest BCUT2D eigenvalue weighted by molar-refractivity contribution is -0.123. The van der Waals surface area contributed by atoms with Gasteiger partial charge >= 0.3 is 0 Å². The summed E-state index contributed by atoms with van der Waals surface area (Å²) in [5.74, 6) is 0.119. The van der Waals surface area contributed by atoms with Crippen LogP contribution in [0.4, 0.5) is 5.69 Å². The molecule has 130 valence electrons. The Morgan fingerprint density at radius 2 is 1.77 bits per heavy atom. The predicted molar refractivity (Wildman–Crippen MR) is 107 cm³/mol. The van der Waals surface area contributed by atoms with Gasteiger partial charge in [-0.25, -0.2) is 0 Å². The number of hydrogen-bond acceptors (Lipinski definition) is 2. The Kier molecular flexibility index (Phi) is 3.87. The average Bonchev–Trinajstić information content (AvgIpc) is 2.85. The maximum atomic E-state index is 13.2. The molecule has 0 spiro atoms. The largest absolute Gasteiger partial charge is 0.282 e. The predicted octanol–water partition coefficient (Wildman–Crippen LogP) is 5.35. The van der Waals surface area contributed by atoms with Crippen molar-refractivity contribution in [1.82, 2.24) is 4.98 Å². The monoisotopic (exact) mass is 342 g/mol. The van der Waals surface area contributed by atoms with Crippen LogP contribution in [-0.4, -0.2) is 10.9 Å². The van der Waals surface area contributed by atoms with E-state index in [0.717, 1.165) is 27.9 Å². The van der Waals surface area contributed by atoms with Crippen molar-refractivity contribution >= 4 is 28.6 Å². The molecule has 1 aliphatic rings. The van der Waals surface area contributed by atoms with E-state index in [-0.39, 0.29) is 5.91 Å². The number of hydrogen-bond donors (Lipinski definition) is 0. The topological polar surface area (TPSA) is 33.2 Å². The molecule has 1 aromatic heterocycles. The first-order chi connectivity index (χ1) is 12.5. The van der Waals surface area contributed by atoms with Crippen molar-refractivity contribution in [2.45, 2.75) is 27.2 Å². The summed E-state index contributed by atoms with van der Waals surface area (Å²) >= 11 is 0. The van der Waals surface area contributed by atoms with Crippen LogP contribution < -0.4 is 4.90 Å². The number of nitrogens with zero attached hydrogens (tertiary/aromatic N) is 2. The number of carbonyl (C=O) groups excluding carboxylic acids is 1. The molecule has 1 fully saturated rings. The fraction of sp³-hybridized carbons (Fsp3) is 0.217. The first-order valence-electron chi connectivity index (χ1n) is 8.91. The van der Waals surface area contributed by atoms with E-state index in [2.05, 4.69) is 42.2 Å². The Labute approximate surface area is 154 Å². The van der Waals surface area contributed by atoms with E-state index >= 15 is 0 Å². The fourth-order valence-electron chi connectivity index (χ4n) is 3.54. The van der Waals surface area contributed by atoms with Crippen molar-refractivity contribution in [2.24, 2.45) is 5.41 Å². The highest BCUT2D eigenvalue weighted by Gasteiger charge is 2.43. The smallest absolute Gasteiger partial charge is 0.237 e. The average molecular weight is 342 g/mol. The first-order valence-corrected chi connectivity index (χ1v) is 8.91. The molecule has 0 bridgehead atoms. The molecule has 0 saturated carbocycles. The second-order valence-corrected chi connectivity index (χ2v) is 7.60. The second kappa shape index (κ2) is 6.10. The summed E-state index contributed by atoms with van der Waals surface area (Å²) in [5.41, 5.74) is 4.64. The number of allylic oxidation sites excluding steroid dienone is 1. The maximum Gasteiger partial charge on any atom is 0.237 e. The number of aromatic nitrogens is 1. The van der Waals surface area contributed by atoms with E-state index in [0.29, 0.717) is 6.42 Å². The van der Waals surface area contributed by atoms with Crippen molar-refractivity contribution in [3.05, 3.63) is 77.6 Å². The number of rotatable bonds is 2. The zero-order valence-electron chi connectivity index (χ0n) is 15.4. The summed E-state index contributed by atoms with van der Waals surface area (Å²) in [7, 11) is 0. The minimum atomic E-state index is -0.423. The molecule has 1 saturated heterocycles. The molecule has 26 heavy (non-hydrogen) atoms. The molecule has 3 aromatic rings. The van der Waals surface area contributed by atoms with Crippen molar-refractivity contribution < 1.29 is 4.79 Å². The van der Waals surface area contributed by atoms with Gasteiger partial charge in [0, 0.05) is 29.1 Å². The Morgan fingerprint density at radius 1 is 1.04 bits per heavy atom. The minimum absolute atomic E-state index is 0.119. The van der Waals surface area contributed by atoms with Crippen molar-refractivity contribution in [3.63, 3.8) is 0 Å².